The second-order valence-corrected chi connectivity index (χ2v) is 5.65. The predicted octanol–water partition coefficient (Wildman–Crippen LogP) is 0.559. The molecule has 8 heteroatoms. The topological polar surface area (TPSA) is 89.8 Å². The van der Waals surface area contributed by atoms with Crippen LogP contribution in [-0.4, -0.2) is 38.0 Å². The van der Waals surface area contributed by atoms with Gasteiger partial charge in [-0.25, -0.2) is 4.98 Å². The van der Waals surface area contributed by atoms with Crippen LogP contribution in [0.25, 0.3) is 0 Å². The van der Waals surface area contributed by atoms with Gasteiger partial charge in [0.15, 0.2) is 0 Å². The van der Waals surface area contributed by atoms with E-state index in [0.29, 0.717) is 23.7 Å². The van der Waals surface area contributed by atoms with Gasteiger partial charge in [-0.3, -0.25) is 14.2 Å². The lowest BCUT2D eigenvalue weighted by Crippen LogP contribution is -2.32. The summed E-state index contributed by atoms with van der Waals surface area (Å²) in [5.41, 5.74) is 1.29. The predicted molar refractivity (Wildman–Crippen MR) is 83.7 cm³/mol. The van der Waals surface area contributed by atoms with Gasteiger partial charge in [0.2, 0.25) is 5.91 Å². The monoisotopic (exact) mass is 319 g/mol. The zero-order valence-electron chi connectivity index (χ0n) is 12.4. The van der Waals surface area contributed by atoms with Gasteiger partial charge < -0.3 is 5.32 Å². The lowest BCUT2D eigenvalue weighted by molar-refractivity contribution is -0.118. The van der Waals surface area contributed by atoms with E-state index in [9.17, 15) is 9.59 Å². The maximum Gasteiger partial charge on any atom is 0.256 e. The maximum atomic E-state index is 12.0. The minimum Gasteiger partial charge on any atom is -0.354 e. The summed E-state index contributed by atoms with van der Waals surface area (Å²) in [5, 5.41) is 11.1. The zero-order valence-corrected chi connectivity index (χ0v) is 13.3. The van der Waals surface area contributed by atoms with Gasteiger partial charge >= 0.3 is 0 Å². The largest absolute Gasteiger partial charge is 0.354 e. The molecule has 2 rings (SSSR count). The molecular weight excluding hydrogens is 302 g/mol. The molecule has 0 unspecified atom stereocenters. The minimum atomic E-state index is -0.111. The van der Waals surface area contributed by atoms with Crippen LogP contribution in [0.5, 0.6) is 0 Å². The summed E-state index contributed by atoms with van der Waals surface area (Å²) < 4.78 is 1.50. The van der Waals surface area contributed by atoms with Gasteiger partial charge in [-0.1, -0.05) is 11.8 Å². The number of carbonyl (C=O) groups is 1. The SMILES string of the molecule is Cc1ncn(CCNC(=O)CSc2cccnn2)c(=O)c1C. The Morgan fingerprint density at radius 1 is 1.41 bits per heavy atom. The smallest absolute Gasteiger partial charge is 0.256 e. The summed E-state index contributed by atoms with van der Waals surface area (Å²) in [7, 11) is 0. The molecule has 0 radical (unpaired) electrons. The first-order valence-electron chi connectivity index (χ1n) is 6.78. The molecule has 0 aromatic carbocycles. The molecule has 0 atom stereocenters. The lowest BCUT2D eigenvalue weighted by atomic mass is 10.3. The highest BCUT2D eigenvalue weighted by Crippen LogP contribution is 2.11. The van der Waals surface area contributed by atoms with Crippen LogP contribution in [-0.2, 0) is 11.3 Å². The first-order valence-corrected chi connectivity index (χ1v) is 7.76. The van der Waals surface area contributed by atoms with E-state index in [1.54, 1.807) is 32.2 Å². The standard InChI is InChI=1S/C14H17N5O2S/c1-10-11(2)16-9-19(14(10)21)7-6-15-12(20)8-22-13-4-3-5-17-18-13/h3-5,9H,6-8H2,1-2H3,(H,15,20). The molecule has 0 aliphatic heterocycles. The Balaban J connectivity index is 1.78. The normalized spacial score (nSPS) is 10.5. The molecule has 0 aliphatic carbocycles. The van der Waals surface area contributed by atoms with Crippen LogP contribution >= 0.6 is 11.8 Å². The van der Waals surface area contributed by atoms with Gasteiger partial charge in [0.05, 0.1) is 12.1 Å². The van der Waals surface area contributed by atoms with Crippen LogP contribution in [0.4, 0.5) is 0 Å². The Morgan fingerprint density at radius 3 is 2.95 bits per heavy atom. The third-order valence-electron chi connectivity index (χ3n) is 3.09. The molecule has 7 nitrogen and oxygen atoms in total. The van der Waals surface area contributed by atoms with Crippen molar-refractivity contribution in [1.82, 2.24) is 25.1 Å². The van der Waals surface area contributed by atoms with Crippen molar-refractivity contribution in [2.24, 2.45) is 0 Å². The Kier molecular flexibility index (Phi) is 5.65. The van der Waals surface area contributed by atoms with Crippen LogP contribution in [0.2, 0.25) is 0 Å². The first-order chi connectivity index (χ1) is 10.6. The summed E-state index contributed by atoms with van der Waals surface area (Å²) in [6.07, 6.45) is 3.09. The number of carbonyl (C=O) groups excluding carboxylic acids is 1. The van der Waals surface area contributed by atoms with E-state index < -0.39 is 0 Å². The number of aryl methyl sites for hydroxylation is 1. The van der Waals surface area contributed by atoms with Crippen LogP contribution < -0.4 is 10.9 Å². The van der Waals surface area contributed by atoms with E-state index in [-0.39, 0.29) is 17.2 Å². The van der Waals surface area contributed by atoms with Gasteiger partial charge in [-0.2, -0.15) is 5.10 Å². The van der Waals surface area contributed by atoms with E-state index >= 15 is 0 Å². The molecule has 1 amide bonds. The van der Waals surface area contributed by atoms with Crippen molar-refractivity contribution < 1.29 is 4.79 Å². The first kappa shape index (κ1) is 16.2. The van der Waals surface area contributed by atoms with Crippen molar-refractivity contribution in [1.29, 1.82) is 0 Å². The fourth-order valence-corrected chi connectivity index (χ4v) is 2.37. The molecular formula is C14H17N5O2S. The van der Waals surface area contributed by atoms with Crippen LogP contribution in [0, 0.1) is 13.8 Å². The average molecular weight is 319 g/mol. The molecule has 22 heavy (non-hydrogen) atoms. The van der Waals surface area contributed by atoms with Crippen molar-refractivity contribution in [2.45, 2.75) is 25.4 Å². The summed E-state index contributed by atoms with van der Waals surface area (Å²) in [5.74, 6) is 0.152. The van der Waals surface area contributed by atoms with Crippen LogP contribution in [0.1, 0.15) is 11.3 Å². The highest BCUT2D eigenvalue weighted by atomic mass is 32.2. The van der Waals surface area contributed by atoms with E-state index in [0.717, 1.165) is 5.69 Å². The highest BCUT2D eigenvalue weighted by Gasteiger charge is 2.06. The Bertz CT molecular complexity index is 702. The molecule has 0 fully saturated rings. The van der Waals surface area contributed by atoms with E-state index in [4.69, 9.17) is 0 Å². The quantitative estimate of drug-likeness (QED) is 0.783. The molecule has 0 spiro atoms. The van der Waals surface area contributed by atoms with E-state index in [2.05, 4.69) is 20.5 Å². The highest BCUT2D eigenvalue weighted by molar-refractivity contribution is 7.99. The molecule has 2 heterocycles. The molecule has 1 N–H and O–H groups in total. The number of nitrogens with one attached hydrogen (secondary N) is 1. The van der Waals surface area contributed by atoms with Crippen LogP contribution in [0.15, 0.2) is 34.5 Å². The van der Waals surface area contributed by atoms with Gasteiger partial charge in [0, 0.05) is 30.5 Å². The molecule has 0 bridgehead atoms. The van der Waals surface area contributed by atoms with Crippen molar-refractivity contribution >= 4 is 17.7 Å². The number of hydrogen-bond donors (Lipinski definition) is 1. The van der Waals surface area contributed by atoms with Crippen molar-refractivity contribution in [3.63, 3.8) is 0 Å². The molecule has 116 valence electrons. The molecule has 2 aromatic heterocycles. The minimum absolute atomic E-state index is 0.0734. The number of rotatable bonds is 6. The Hall–Kier alpha value is -2.22. The van der Waals surface area contributed by atoms with Gasteiger partial charge in [0.1, 0.15) is 5.03 Å². The Labute approximate surface area is 132 Å². The number of nitrogens with zero attached hydrogens (tertiary/aromatic N) is 4. The number of thioether (sulfide) groups is 1. The second kappa shape index (κ2) is 7.69. The van der Waals surface area contributed by atoms with Crippen molar-refractivity contribution in [3.05, 3.63) is 46.3 Å². The average Bonchev–Trinajstić information content (AvgIpc) is 2.54. The van der Waals surface area contributed by atoms with Crippen molar-refractivity contribution in [2.75, 3.05) is 12.3 Å². The molecule has 0 aliphatic rings. The molecule has 0 saturated heterocycles. The van der Waals surface area contributed by atoms with Gasteiger partial charge in [-0.15, -0.1) is 5.10 Å². The zero-order chi connectivity index (χ0) is 15.9. The van der Waals surface area contributed by atoms with Gasteiger partial charge in [-0.05, 0) is 26.0 Å². The second-order valence-electron chi connectivity index (χ2n) is 4.65. The Morgan fingerprint density at radius 2 is 2.23 bits per heavy atom. The van der Waals surface area contributed by atoms with Crippen molar-refractivity contribution in [3.8, 4) is 0 Å². The summed E-state index contributed by atoms with van der Waals surface area (Å²) >= 11 is 1.32. The fourth-order valence-electron chi connectivity index (χ4n) is 1.71. The third-order valence-corrected chi connectivity index (χ3v) is 4.01. The maximum absolute atomic E-state index is 12.0. The third kappa shape index (κ3) is 4.39. The number of amides is 1. The van der Waals surface area contributed by atoms with Gasteiger partial charge in [0.25, 0.3) is 5.56 Å². The number of hydrogen-bond acceptors (Lipinski definition) is 6. The lowest BCUT2D eigenvalue weighted by Gasteiger charge is -2.08. The number of aromatic nitrogens is 4. The summed E-state index contributed by atoms with van der Waals surface area (Å²) in [4.78, 5) is 27.8. The fraction of sp³-hybridized carbons (Fsp3) is 0.357. The van der Waals surface area contributed by atoms with E-state index in [1.165, 1.54) is 22.7 Å². The van der Waals surface area contributed by atoms with E-state index in [1.807, 2.05) is 0 Å². The van der Waals surface area contributed by atoms with Crippen LogP contribution in [0.3, 0.4) is 0 Å². The molecule has 0 saturated carbocycles. The summed E-state index contributed by atoms with van der Waals surface area (Å²) in [6.45, 7) is 4.32. The molecule has 2 aromatic rings. The summed E-state index contributed by atoms with van der Waals surface area (Å²) in [6, 6.07) is 3.57.